The first-order valence-corrected chi connectivity index (χ1v) is 11.1. The van der Waals surface area contributed by atoms with Crippen LogP contribution in [0.5, 0.6) is 5.75 Å². The summed E-state index contributed by atoms with van der Waals surface area (Å²) in [7, 11) is 0. The number of esters is 1. The molecule has 0 spiro atoms. The molecule has 32 heavy (non-hydrogen) atoms. The van der Waals surface area contributed by atoms with E-state index in [9.17, 15) is 9.59 Å². The van der Waals surface area contributed by atoms with Gasteiger partial charge < -0.3 is 18.9 Å². The number of nitrogens with zero attached hydrogens (tertiary/aromatic N) is 1. The van der Waals surface area contributed by atoms with Crippen LogP contribution in [0.2, 0.25) is 0 Å². The number of hydrogen-bond donors (Lipinski definition) is 0. The highest BCUT2D eigenvalue weighted by Gasteiger charge is 2.25. The fourth-order valence-corrected chi connectivity index (χ4v) is 3.29. The smallest absolute Gasteiger partial charge is 0.333 e. The number of carbonyl (C=O) groups excluding carboxylic acids is 2. The quantitative estimate of drug-likeness (QED) is 0.347. The third-order valence-corrected chi connectivity index (χ3v) is 5.09. The molecule has 0 saturated heterocycles. The summed E-state index contributed by atoms with van der Waals surface area (Å²) in [4.78, 5) is 26.0. The van der Waals surface area contributed by atoms with Gasteiger partial charge in [-0.3, -0.25) is 9.69 Å². The van der Waals surface area contributed by atoms with Crippen LogP contribution in [0.4, 0.5) is 5.69 Å². The van der Waals surface area contributed by atoms with Crippen LogP contribution in [-0.2, 0) is 36.8 Å². The summed E-state index contributed by atoms with van der Waals surface area (Å²) in [5.74, 6) is 0.0516. The van der Waals surface area contributed by atoms with Crippen molar-refractivity contribution in [2.24, 2.45) is 0 Å². The zero-order chi connectivity index (χ0) is 22.6. The molecule has 0 N–H and O–H groups in total. The monoisotopic (exact) mass is 441 g/mol. The lowest BCUT2D eigenvalue weighted by atomic mass is 10.0. The number of hydrogen-bond acceptors (Lipinski definition) is 6. The molecular formula is C25H31NO6. The van der Waals surface area contributed by atoms with Crippen molar-refractivity contribution in [3.05, 3.63) is 59.7 Å². The second-order valence-corrected chi connectivity index (χ2v) is 7.55. The van der Waals surface area contributed by atoms with E-state index in [2.05, 4.69) is 6.92 Å². The summed E-state index contributed by atoms with van der Waals surface area (Å²) in [6.07, 6.45) is 3.11. The number of ether oxygens (including phenoxy) is 4. The predicted molar refractivity (Wildman–Crippen MR) is 121 cm³/mol. The average Bonchev–Trinajstić information content (AvgIpc) is 2.82. The molecule has 172 valence electrons. The minimum atomic E-state index is -0.519. The van der Waals surface area contributed by atoms with E-state index in [1.54, 1.807) is 0 Å². The normalized spacial score (nSPS) is 13.0. The summed E-state index contributed by atoms with van der Waals surface area (Å²) in [6.45, 7) is 3.67. The van der Waals surface area contributed by atoms with Gasteiger partial charge in [0.05, 0.1) is 18.9 Å². The van der Waals surface area contributed by atoms with E-state index in [1.165, 1.54) is 4.90 Å². The lowest BCUT2D eigenvalue weighted by Crippen LogP contribution is -2.38. The molecule has 0 unspecified atom stereocenters. The number of benzene rings is 2. The van der Waals surface area contributed by atoms with Crippen molar-refractivity contribution in [3.8, 4) is 5.75 Å². The van der Waals surface area contributed by atoms with Crippen LogP contribution in [0.3, 0.4) is 0 Å². The van der Waals surface area contributed by atoms with E-state index in [-0.39, 0.29) is 19.2 Å². The summed E-state index contributed by atoms with van der Waals surface area (Å²) < 4.78 is 21.8. The molecule has 7 heteroatoms. The van der Waals surface area contributed by atoms with Gasteiger partial charge in [0.15, 0.2) is 6.73 Å². The highest BCUT2D eigenvalue weighted by atomic mass is 16.6. The third kappa shape index (κ3) is 7.35. The Morgan fingerprint density at radius 3 is 2.62 bits per heavy atom. The summed E-state index contributed by atoms with van der Waals surface area (Å²) in [6, 6.07) is 15.6. The molecule has 0 radical (unpaired) electrons. The molecule has 3 rings (SSSR count). The van der Waals surface area contributed by atoms with Crippen LogP contribution < -0.4 is 9.64 Å². The Balaban J connectivity index is 1.49. The van der Waals surface area contributed by atoms with E-state index >= 15 is 0 Å². The van der Waals surface area contributed by atoms with Gasteiger partial charge >= 0.3 is 5.97 Å². The number of aryl methyl sites for hydroxylation is 1. The maximum atomic E-state index is 12.5. The molecule has 0 saturated carbocycles. The van der Waals surface area contributed by atoms with Gasteiger partial charge in [-0.2, -0.15) is 0 Å². The van der Waals surface area contributed by atoms with Gasteiger partial charge in [0.2, 0.25) is 5.91 Å². The summed E-state index contributed by atoms with van der Waals surface area (Å²) in [5, 5.41) is 0. The molecule has 1 aliphatic rings. The molecule has 0 fully saturated rings. The second-order valence-electron chi connectivity index (χ2n) is 7.55. The molecule has 0 atom stereocenters. The van der Waals surface area contributed by atoms with Crippen LogP contribution in [0, 0.1) is 0 Å². The Bertz CT molecular complexity index is 870. The highest BCUT2D eigenvalue weighted by Crippen LogP contribution is 2.31. The van der Waals surface area contributed by atoms with Gasteiger partial charge in [-0.05, 0) is 30.0 Å². The van der Waals surface area contributed by atoms with Gasteiger partial charge in [0.25, 0.3) is 0 Å². The van der Waals surface area contributed by atoms with E-state index in [0.717, 1.165) is 24.0 Å². The van der Waals surface area contributed by atoms with Gasteiger partial charge in [0, 0.05) is 19.1 Å². The molecule has 0 aliphatic carbocycles. The SMILES string of the molecule is CCCCOCCOCC(=O)OCN1C(=O)CCc2ccc(OCc3ccccc3)cc21. The van der Waals surface area contributed by atoms with Crippen molar-refractivity contribution < 1.29 is 28.5 Å². The fourth-order valence-electron chi connectivity index (χ4n) is 3.29. The van der Waals surface area contributed by atoms with Gasteiger partial charge in [-0.15, -0.1) is 0 Å². The number of unbranched alkanes of at least 4 members (excludes halogenated alkanes) is 1. The fraction of sp³-hybridized carbons (Fsp3) is 0.440. The lowest BCUT2D eigenvalue weighted by Gasteiger charge is -2.29. The first kappa shape index (κ1) is 23.8. The van der Waals surface area contributed by atoms with Crippen LogP contribution in [-0.4, -0.2) is 45.0 Å². The summed E-state index contributed by atoms with van der Waals surface area (Å²) >= 11 is 0. The second kappa shape index (κ2) is 12.8. The summed E-state index contributed by atoms with van der Waals surface area (Å²) in [5.41, 5.74) is 2.79. The molecule has 1 aliphatic heterocycles. The van der Waals surface area contributed by atoms with Crippen molar-refractivity contribution in [1.82, 2.24) is 0 Å². The maximum Gasteiger partial charge on any atom is 0.333 e. The molecule has 1 amide bonds. The number of carbonyl (C=O) groups is 2. The Morgan fingerprint density at radius 1 is 1.00 bits per heavy atom. The Morgan fingerprint density at radius 2 is 1.81 bits per heavy atom. The van der Waals surface area contributed by atoms with Crippen LogP contribution in [0.1, 0.15) is 37.3 Å². The van der Waals surface area contributed by atoms with E-state index in [0.29, 0.717) is 50.7 Å². The molecule has 1 heterocycles. The van der Waals surface area contributed by atoms with Crippen LogP contribution >= 0.6 is 0 Å². The lowest BCUT2D eigenvalue weighted by molar-refractivity contribution is -0.149. The molecular weight excluding hydrogens is 410 g/mol. The van der Waals surface area contributed by atoms with Crippen molar-refractivity contribution in [2.45, 2.75) is 39.2 Å². The number of rotatable bonds is 13. The van der Waals surface area contributed by atoms with Gasteiger partial charge in [-0.25, -0.2) is 4.79 Å². The molecule has 2 aromatic carbocycles. The van der Waals surface area contributed by atoms with E-state index in [4.69, 9.17) is 18.9 Å². The number of anilines is 1. The standard InChI is InChI=1S/C25H31NO6/c1-2-3-13-29-14-15-30-18-25(28)32-19-26-23-16-22(11-9-21(23)10-12-24(26)27)31-17-20-7-5-4-6-8-20/h4-9,11,16H,2-3,10,12-15,17-19H2,1H3. The Kier molecular flexibility index (Phi) is 9.53. The Labute approximate surface area is 189 Å². The number of fused-ring (bicyclic) bond motifs is 1. The van der Waals surface area contributed by atoms with Crippen molar-refractivity contribution in [2.75, 3.05) is 38.1 Å². The minimum Gasteiger partial charge on any atom is -0.489 e. The maximum absolute atomic E-state index is 12.5. The van der Waals surface area contributed by atoms with Gasteiger partial charge in [-0.1, -0.05) is 49.7 Å². The third-order valence-electron chi connectivity index (χ3n) is 5.09. The largest absolute Gasteiger partial charge is 0.489 e. The molecule has 0 bridgehead atoms. The zero-order valence-corrected chi connectivity index (χ0v) is 18.6. The first-order chi connectivity index (χ1) is 15.7. The van der Waals surface area contributed by atoms with E-state index in [1.807, 2.05) is 48.5 Å². The van der Waals surface area contributed by atoms with Crippen LogP contribution in [0.25, 0.3) is 0 Å². The topological polar surface area (TPSA) is 74.3 Å². The highest BCUT2D eigenvalue weighted by molar-refractivity contribution is 5.96. The van der Waals surface area contributed by atoms with E-state index < -0.39 is 5.97 Å². The predicted octanol–water partition coefficient (Wildman–Crippen LogP) is 3.88. The average molecular weight is 442 g/mol. The van der Waals surface area contributed by atoms with Crippen LogP contribution in [0.15, 0.2) is 48.5 Å². The molecule has 0 aromatic heterocycles. The van der Waals surface area contributed by atoms with Crippen molar-refractivity contribution >= 4 is 17.6 Å². The minimum absolute atomic E-state index is 0.0873. The molecule has 7 nitrogen and oxygen atoms in total. The van der Waals surface area contributed by atoms with Crippen molar-refractivity contribution in [3.63, 3.8) is 0 Å². The molecule has 2 aromatic rings. The first-order valence-electron chi connectivity index (χ1n) is 11.1. The van der Waals surface area contributed by atoms with Crippen molar-refractivity contribution in [1.29, 1.82) is 0 Å². The number of amides is 1. The Hall–Kier alpha value is -2.90. The zero-order valence-electron chi connectivity index (χ0n) is 18.6. The van der Waals surface area contributed by atoms with Gasteiger partial charge in [0.1, 0.15) is 19.0 Å².